The summed E-state index contributed by atoms with van der Waals surface area (Å²) in [4.78, 5) is 24.9. The summed E-state index contributed by atoms with van der Waals surface area (Å²) in [6.45, 7) is 6.25. The van der Waals surface area contributed by atoms with Crippen molar-refractivity contribution in [2.75, 3.05) is 59.2 Å². The number of aromatic nitrogens is 2. The first kappa shape index (κ1) is 16.3. The molecule has 0 spiro atoms. The first-order valence-electron chi connectivity index (χ1n) is 8.22. The fourth-order valence-corrected chi connectivity index (χ4v) is 3.02. The molecule has 2 saturated heterocycles. The highest BCUT2D eigenvalue weighted by atomic mass is 16.5. The highest BCUT2D eigenvalue weighted by molar-refractivity contribution is 5.78. The van der Waals surface area contributed by atoms with Crippen molar-refractivity contribution in [3.63, 3.8) is 0 Å². The summed E-state index contributed by atoms with van der Waals surface area (Å²) in [5.74, 6) is 0.464. The molecular weight excluding hydrogens is 296 g/mol. The molecule has 3 rings (SSSR count). The van der Waals surface area contributed by atoms with E-state index in [1.807, 2.05) is 11.0 Å². The Hall–Kier alpha value is -1.57. The second kappa shape index (κ2) is 8.33. The van der Waals surface area contributed by atoms with E-state index in [1.54, 1.807) is 12.5 Å². The number of carbonyl (C=O) groups is 1. The Morgan fingerprint density at radius 3 is 2.83 bits per heavy atom. The zero-order valence-corrected chi connectivity index (χ0v) is 13.4. The summed E-state index contributed by atoms with van der Waals surface area (Å²) in [5, 5.41) is 0. The van der Waals surface area contributed by atoms with Gasteiger partial charge in [0.1, 0.15) is 6.33 Å². The minimum atomic E-state index is 0.185. The van der Waals surface area contributed by atoms with E-state index in [0.717, 1.165) is 31.7 Å². The van der Waals surface area contributed by atoms with Gasteiger partial charge in [-0.15, -0.1) is 0 Å². The molecular formula is C16H24N4O3. The third-order valence-electron chi connectivity index (χ3n) is 4.29. The Labute approximate surface area is 136 Å². The van der Waals surface area contributed by atoms with Crippen LogP contribution in [0, 0.1) is 5.92 Å². The molecule has 1 amide bonds. The summed E-state index contributed by atoms with van der Waals surface area (Å²) in [6, 6.07) is 1.92. The standard InChI is InChI=1S/C16H24N4O3/c21-16(11-19-3-6-22-7-4-19)20-5-8-23-12-14(10-20)9-15-1-2-17-13-18-15/h1-2,13-14H,3-12H2/t14-/m1/s1. The van der Waals surface area contributed by atoms with Crippen LogP contribution in [0.5, 0.6) is 0 Å². The fourth-order valence-electron chi connectivity index (χ4n) is 3.02. The first-order valence-corrected chi connectivity index (χ1v) is 8.22. The van der Waals surface area contributed by atoms with Crippen LogP contribution in [0.15, 0.2) is 18.6 Å². The monoisotopic (exact) mass is 320 g/mol. The van der Waals surface area contributed by atoms with E-state index >= 15 is 0 Å². The molecule has 2 aliphatic heterocycles. The van der Waals surface area contributed by atoms with Crippen LogP contribution in [0.1, 0.15) is 5.69 Å². The van der Waals surface area contributed by atoms with Gasteiger partial charge in [-0.2, -0.15) is 0 Å². The van der Waals surface area contributed by atoms with Crippen molar-refractivity contribution in [1.29, 1.82) is 0 Å². The summed E-state index contributed by atoms with van der Waals surface area (Å²) >= 11 is 0. The lowest BCUT2D eigenvalue weighted by molar-refractivity contribution is -0.133. The molecule has 1 atom stereocenters. The van der Waals surface area contributed by atoms with E-state index in [9.17, 15) is 4.79 Å². The van der Waals surface area contributed by atoms with Crippen molar-refractivity contribution in [3.8, 4) is 0 Å². The number of rotatable bonds is 4. The predicted octanol–water partition coefficient (Wildman–Crippen LogP) is -0.174. The highest BCUT2D eigenvalue weighted by Crippen LogP contribution is 2.13. The molecule has 0 unspecified atom stereocenters. The lowest BCUT2D eigenvalue weighted by Crippen LogP contribution is -2.46. The summed E-state index contributed by atoms with van der Waals surface area (Å²) in [6.07, 6.45) is 4.12. The lowest BCUT2D eigenvalue weighted by atomic mass is 10.0. The van der Waals surface area contributed by atoms with Crippen molar-refractivity contribution in [2.45, 2.75) is 6.42 Å². The Kier molecular flexibility index (Phi) is 5.90. The SMILES string of the molecule is O=C(CN1CCOCC1)N1CCOC[C@H](Cc2ccncn2)C1. The van der Waals surface area contributed by atoms with Gasteiger partial charge in [-0.25, -0.2) is 9.97 Å². The topological polar surface area (TPSA) is 67.8 Å². The van der Waals surface area contributed by atoms with E-state index in [4.69, 9.17) is 9.47 Å². The molecule has 0 radical (unpaired) electrons. The molecule has 0 aliphatic carbocycles. The highest BCUT2D eigenvalue weighted by Gasteiger charge is 2.24. The van der Waals surface area contributed by atoms with Gasteiger partial charge in [0.25, 0.3) is 0 Å². The van der Waals surface area contributed by atoms with Crippen molar-refractivity contribution in [3.05, 3.63) is 24.3 Å². The van der Waals surface area contributed by atoms with Gasteiger partial charge in [0.05, 0.1) is 33.0 Å². The Morgan fingerprint density at radius 2 is 2.04 bits per heavy atom. The van der Waals surface area contributed by atoms with Crippen LogP contribution >= 0.6 is 0 Å². The van der Waals surface area contributed by atoms with E-state index in [1.165, 1.54) is 0 Å². The van der Waals surface area contributed by atoms with E-state index < -0.39 is 0 Å². The van der Waals surface area contributed by atoms with Gasteiger partial charge in [0, 0.05) is 44.0 Å². The van der Waals surface area contributed by atoms with Gasteiger partial charge in [-0.1, -0.05) is 0 Å². The molecule has 3 heterocycles. The van der Waals surface area contributed by atoms with Gasteiger partial charge in [0.15, 0.2) is 0 Å². The van der Waals surface area contributed by atoms with Crippen LogP contribution in [-0.4, -0.2) is 84.8 Å². The van der Waals surface area contributed by atoms with Gasteiger partial charge in [0.2, 0.25) is 5.91 Å². The smallest absolute Gasteiger partial charge is 0.236 e. The largest absolute Gasteiger partial charge is 0.379 e. The number of morpholine rings is 1. The molecule has 0 saturated carbocycles. The summed E-state index contributed by atoms with van der Waals surface area (Å²) in [7, 11) is 0. The number of carbonyl (C=O) groups excluding carboxylic acids is 1. The van der Waals surface area contributed by atoms with Crippen LogP contribution < -0.4 is 0 Å². The minimum Gasteiger partial charge on any atom is -0.379 e. The maximum absolute atomic E-state index is 12.6. The average molecular weight is 320 g/mol. The molecule has 7 heteroatoms. The Bertz CT molecular complexity index is 493. The second-order valence-corrected chi connectivity index (χ2v) is 6.07. The normalized spacial score (nSPS) is 23.5. The maximum atomic E-state index is 12.6. The third-order valence-corrected chi connectivity index (χ3v) is 4.29. The van der Waals surface area contributed by atoms with Crippen LogP contribution in [-0.2, 0) is 20.7 Å². The number of ether oxygens (including phenoxy) is 2. The van der Waals surface area contributed by atoms with Crippen molar-refractivity contribution in [1.82, 2.24) is 19.8 Å². The van der Waals surface area contributed by atoms with E-state index in [0.29, 0.717) is 39.5 Å². The van der Waals surface area contributed by atoms with Crippen molar-refractivity contribution < 1.29 is 14.3 Å². The molecule has 0 N–H and O–H groups in total. The zero-order chi connectivity index (χ0) is 15.9. The van der Waals surface area contributed by atoms with E-state index in [-0.39, 0.29) is 11.8 Å². The Morgan fingerprint density at radius 1 is 1.22 bits per heavy atom. The zero-order valence-electron chi connectivity index (χ0n) is 13.4. The van der Waals surface area contributed by atoms with Crippen LogP contribution in [0.4, 0.5) is 0 Å². The second-order valence-electron chi connectivity index (χ2n) is 6.07. The van der Waals surface area contributed by atoms with Gasteiger partial charge in [-0.3, -0.25) is 9.69 Å². The Balaban J connectivity index is 1.54. The molecule has 0 bridgehead atoms. The molecule has 23 heavy (non-hydrogen) atoms. The molecule has 7 nitrogen and oxygen atoms in total. The molecule has 0 aromatic carbocycles. The maximum Gasteiger partial charge on any atom is 0.236 e. The summed E-state index contributed by atoms with van der Waals surface area (Å²) in [5.41, 5.74) is 0.996. The third kappa shape index (κ3) is 4.95. The van der Waals surface area contributed by atoms with Crippen molar-refractivity contribution in [2.24, 2.45) is 5.92 Å². The quantitative estimate of drug-likeness (QED) is 0.767. The molecule has 126 valence electrons. The van der Waals surface area contributed by atoms with Crippen LogP contribution in [0.2, 0.25) is 0 Å². The fraction of sp³-hybridized carbons (Fsp3) is 0.688. The van der Waals surface area contributed by atoms with Gasteiger partial charge in [-0.05, 0) is 12.5 Å². The molecule has 2 fully saturated rings. The first-order chi connectivity index (χ1) is 11.3. The molecule has 2 aliphatic rings. The average Bonchev–Trinajstić information content (AvgIpc) is 2.82. The number of hydrogen-bond donors (Lipinski definition) is 0. The van der Waals surface area contributed by atoms with Gasteiger partial charge >= 0.3 is 0 Å². The number of hydrogen-bond acceptors (Lipinski definition) is 6. The number of amides is 1. The van der Waals surface area contributed by atoms with Crippen LogP contribution in [0.25, 0.3) is 0 Å². The minimum absolute atomic E-state index is 0.185. The predicted molar refractivity (Wildman–Crippen MR) is 83.9 cm³/mol. The molecule has 1 aromatic heterocycles. The molecule has 1 aromatic rings. The van der Waals surface area contributed by atoms with Crippen LogP contribution in [0.3, 0.4) is 0 Å². The van der Waals surface area contributed by atoms with E-state index in [2.05, 4.69) is 14.9 Å². The van der Waals surface area contributed by atoms with Gasteiger partial charge < -0.3 is 14.4 Å². The number of nitrogens with zero attached hydrogens (tertiary/aromatic N) is 4. The van der Waals surface area contributed by atoms with Crippen molar-refractivity contribution >= 4 is 5.91 Å². The lowest BCUT2D eigenvalue weighted by Gasteiger charge is -2.29. The summed E-state index contributed by atoms with van der Waals surface area (Å²) < 4.78 is 11.0.